The summed E-state index contributed by atoms with van der Waals surface area (Å²) < 4.78 is 3.97. The zero-order valence-corrected chi connectivity index (χ0v) is 6.60. The van der Waals surface area contributed by atoms with Crippen LogP contribution in [-0.4, -0.2) is 10.5 Å². The van der Waals surface area contributed by atoms with E-state index in [2.05, 4.69) is 9.37 Å². The van der Waals surface area contributed by atoms with E-state index in [1.165, 1.54) is 30.5 Å². The lowest BCUT2D eigenvalue weighted by molar-refractivity contribution is 0.565. The predicted molar refractivity (Wildman–Crippen MR) is 41.9 cm³/mol. The van der Waals surface area contributed by atoms with Gasteiger partial charge in [-0.2, -0.15) is 9.37 Å². The van der Waals surface area contributed by atoms with Gasteiger partial charge in [-0.1, -0.05) is 0 Å². The van der Waals surface area contributed by atoms with Crippen LogP contribution in [0.25, 0.3) is 0 Å². The van der Waals surface area contributed by atoms with Crippen LogP contribution in [0.5, 0.6) is 0 Å². The molecule has 0 unspecified atom stereocenters. The summed E-state index contributed by atoms with van der Waals surface area (Å²) in [5, 5.41) is 0. The third-order valence-corrected chi connectivity index (χ3v) is 2.64. The average molecular weight is 166 g/mol. The van der Waals surface area contributed by atoms with Gasteiger partial charge in [0.25, 0.3) is 0 Å². The Labute approximate surface area is 67.9 Å². The standard InChI is InChI=1S/C7H6N2OS/c10-4-8-6-3-9-11-7(6)5-1-2-5/h3,5H,1-2H2. The van der Waals surface area contributed by atoms with Crippen molar-refractivity contribution >= 4 is 23.3 Å². The monoisotopic (exact) mass is 166 g/mol. The Morgan fingerprint density at radius 3 is 3.18 bits per heavy atom. The minimum atomic E-state index is 0.620. The second kappa shape index (κ2) is 2.57. The van der Waals surface area contributed by atoms with Crippen LogP contribution in [0.3, 0.4) is 0 Å². The zero-order chi connectivity index (χ0) is 7.68. The van der Waals surface area contributed by atoms with Gasteiger partial charge < -0.3 is 0 Å². The zero-order valence-electron chi connectivity index (χ0n) is 5.78. The smallest absolute Gasteiger partial charge is 0.211 e. The Morgan fingerprint density at radius 2 is 2.55 bits per heavy atom. The molecule has 1 saturated carbocycles. The molecule has 0 N–H and O–H groups in total. The van der Waals surface area contributed by atoms with E-state index in [0.29, 0.717) is 11.6 Å². The number of hydrogen-bond acceptors (Lipinski definition) is 4. The molecule has 0 radical (unpaired) electrons. The maximum absolute atomic E-state index is 9.95. The highest BCUT2D eigenvalue weighted by Gasteiger charge is 2.27. The van der Waals surface area contributed by atoms with Gasteiger partial charge >= 0.3 is 0 Å². The highest BCUT2D eigenvalue weighted by Crippen LogP contribution is 2.46. The topological polar surface area (TPSA) is 42.3 Å². The van der Waals surface area contributed by atoms with Crippen molar-refractivity contribution in [3.8, 4) is 0 Å². The summed E-state index contributed by atoms with van der Waals surface area (Å²) in [6, 6.07) is 0. The first kappa shape index (κ1) is 6.70. The fraction of sp³-hybridized carbons (Fsp3) is 0.429. The molecule has 0 amide bonds. The third kappa shape index (κ3) is 1.23. The van der Waals surface area contributed by atoms with Crippen LogP contribution >= 0.6 is 11.5 Å². The van der Waals surface area contributed by atoms with Crippen molar-refractivity contribution < 1.29 is 4.79 Å². The molecule has 0 aromatic carbocycles. The lowest BCUT2D eigenvalue weighted by atomic mass is 10.3. The van der Waals surface area contributed by atoms with Crippen molar-refractivity contribution in [3.63, 3.8) is 0 Å². The normalized spacial score (nSPS) is 16.0. The molecule has 1 aliphatic carbocycles. The molecule has 0 spiro atoms. The van der Waals surface area contributed by atoms with Gasteiger partial charge in [0.05, 0.1) is 11.1 Å². The number of aromatic nitrogens is 1. The average Bonchev–Trinajstić information content (AvgIpc) is 2.75. The molecular weight excluding hydrogens is 160 g/mol. The molecule has 0 aliphatic heterocycles. The molecule has 4 heteroatoms. The number of isocyanates is 1. The van der Waals surface area contributed by atoms with E-state index in [9.17, 15) is 4.79 Å². The maximum atomic E-state index is 9.95. The first-order valence-electron chi connectivity index (χ1n) is 3.44. The van der Waals surface area contributed by atoms with Crippen molar-refractivity contribution in [2.75, 3.05) is 0 Å². The molecule has 1 aliphatic rings. The Hall–Kier alpha value is -0.990. The fourth-order valence-electron chi connectivity index (χ4n) is 1.01. The summed E-state index contributed by atoms with van der Waals surface area (Å²) in [6.07, 6.45) is 5.59. The van der Waals surface area contributed by atoms with E-state index in [0.717, 1.165) is 4.88 Å². The van der Waals surface area contributed by atoms with Gasteiger partial charge in [0.15, 0.2) is 0 Å². The predicted octanol–water partition coefficient (Wildman–Crippen LogP) is 1.99. The van der Waals surface area contributed by atoms with Gasteiger partial charge in [0.2, 0.25) is 6.08 Å². The van der Waals surface area contributed by atoms with E-state index in [-0.39, 0.29) is 0 Å². The van der Waals surface area contributed by atoms with Crippen LogP contribution in [0.15, 0.2) is 11.2 Å². The van der Waals surface area contributed by atoms with Crippen molar-refractivity contribution in [2.45, 2.75) is 18.8 Å². The van der Waals surface area contributed by atoms with Crippen LogP contribution in [0.4, 0.5) is 5.69 Å². The summed E-state index contributed by atoms with van der Waals surface area (Å²) in [6.45, 7) is 0. The number of nitrogens with zero attached hydrogens (tertiary/aromatic N) is 2. The highest BCUT2D eigenvalue weighted by molar-refractivity contribution is 7.06. The minimum Gasteiger partial charge on any atom is -0.211 e. The third-order valence-electron chi connectivity index (χ3n) is 1.69. The quantitative estimate of drug-likeness (QED) is 0.498. The second-order valence-corrected chi connectivity index (χ2v) is 3.39. The Kier molecular flexibility index (Phi) is 1.56. The molecule has 1 heterocycles. The molecule has 1 fully saturated rings. The van der Waals surface area contributed by atoms with Gasteiger partial charge in [-0.05, 0) is 30.3 Å². The van der Waals surface area contributed by atoms with Crippen LogP contribution in [-0.2, 0) is 4.79 Å². The SMILES string of the molecule is O=C=Nc1cnsc1C1CC1. The van der Waals surface area contributed by atoms with Gasteiger partial charge in [-0.15, -0.1) is 0 Å². The lowest BCUT2D eigenvalue weighted by Gasteiger charge is -1.87. The van der Waals surface area contributed by atoms with Gasteiger partial charge in [0.1, 0.15) is 5.69 Å². The van der Waals surface area contributed by atoms with Crippen LogP contribution < -0.4 is 0 Å². The largest absolute Gasteiger partial charge is 0.240 e. The van der Waals surface area contributed by atoms with Crippen LogP contribution in [0, 0.1) is 0 Å². The number of hydrogen-bond donors (Lipinski definition) is 0. The van der Waals surface area contributed by atoms with E-state index in [1.54, 1.807) is 6.20 Å². The van der Waals surface area contributed by atoms with Gasteiger partial charge in [-0.25, -0.2) is 4.79 Å². The highest BCUT2D eigenvalue weighted by atomic mass is 32.1. The molecule has 1 aromatic rings. The summed E-state index contributed by atoms with van der Waals surface area (Å²) in [7, 11) is 0. The molecule has 56 valence electrons. The molecule has 0 saturated heterocycles. The summed E-state index contributed by atoms with van der Waals surface area (Å²) in [5.41, 5.74) is 0.715. The van der Waals surface area contributed by atoms with Crippen molar-refractivity contribution in [2.24, 2.45) is 4.99 Å². The van der Waals surface area contributed by atoms with E-state index >= 15 is 0 Å². The lowest BCUT2D eigenvalue weighted by Crippen LogP contribution is -1.68. The van der Waals surface area contributed by atoms with Crippen molar-refractivity contribution in [1.29, 1.82) is 0 Å². The molecule has 0 atom stereocenters. The fourth-order valence-corrected chi connectivity index (χ4v) is 1.85. The Morgan fingerprint density at radius 1 is 1.73 bits per heavy atom. The minimum absolute atomic E-state index is 0.620. The molecule has 3 nitrogen and oxygen atoms in total. The van der Waals surface area contributed by atoms with Crippen LogP contribution in [0.2, 0.25) is 0 Å². The second-order valence-electron chi connectivity index (χ2n) is 2.55. The van der Waals surface area contributed by atoms with Crippen molar-refractivity contribution in [1.82, 2.24) is 4.37 Å². The molecule has 11 heavy (non-hydrogen) atoms. The molecule has 2 rings (SSSR count). The maximum Gasteiger partial charge on any atom is 0.240 e. The van der Waals surface area contributed by atoms with E-state index in [1.807, 2.05) is 0 Å². The molecule has 0 bridgehead atoms. The summed E-state index contributed by atoms with van der Waals surface area (Å²) in [5.74, 6) is 0.620. The Bertz CT molecular complexity index is 310. The van der Waals surface area contributed by atoms with E-state index < -0.39 is 0 Å². The number of carbonyl (C=O) groups excluding carboxylic acids is 1. The van der Waals surface area contributed by atoms with Crippen LogP contribution in [0.1, 0.15) is 23.6 Å². The number of rotatable bonds is 2. The first-order valence-corrected chi connectivity index (χ1v) is 4.21. The first-order chi connectivity index (χ1) is 5.42. The van der Waals surface area contributed by atoms with E-state index in [4.69, 9.17) is 0 Å². The van der Waals surface area contributed by atoms with Gasteiger partial charge in [-0.3, -0.25) is 0 Å². The molecular formula is C7H6N2OS. The summed E-state index contributed by atoms with van der Waals surface area (Å²) in [4.78, 5) is 14.7. The van der Waals surface area contributed by atoms with Gasteiger partial charge in [0, 0.05) is 0 Å². The number of aliphatic imine (C=N–C) groups is 1. The molecule has 1 aromatic heterocycles. The Balaban J connectivity index is 2.36. The summed E-state index contributed by atoms with van der Waals surface area (Å²) >= 11 is 1.44. The van der Waals surface area contributed by atoms with Crippen molar-refractivity contribution in [3.05, 3.63) is 11.1 Å².